The zero-order chi connectivity index (χ0) is 23.5. The number of aromatic nitrogens is 3. The van der Waals surface area contributed by atoms with E-state index < -0.39 is 0 Å². The molecule has 2 heterocycles. The van der Waals surface area contributed by atoms with Gasteiger partial charge in [0.15, 0.2) is 0 Å². The summed E-state index contributed by atoms with van der Waals surface area (Å²) in [7, 11) is 0. The highest BCUT2D eigenvalue weighted by molar-refractivity contribution is 8.00. The fourth-order valence-electron chi connectivity index (χ4n) is 4.48. The number of fused-ring (bicyclic) bond motifs is 1. The number of phenols is 1. The number of hydrogen-bond donors (Lipinski definition) is 2. The van der Waals surface area contributed by atoms with E-state index in [0.29, 0.717) is 21.7 Å². The van der Waals surface area contributed by atoms with Gasteiger partial charge < -0.3 is 15.3 Å². The third-order valence-corrected chi connectivity index (χ3v) is 7.74. The van der Waals surface area contributed by atoms with Crippen molar-refractivity contribution in [1.29, 1.82) is 0 Å². The van der Waals surface area contributed by atoms with Crippen LogP contribution in [0.25, 0.3) is 22.2 Å². The Kier molecular flexibility index (Phi) is 7.04. The lowest BCUT2D eigenvalue weighted by molar-refractivity contribution is 0.362. The SMILES string of the molecule is Cc1cc(-c2cc(O)ccc2Cl)cc2nnc(NC3=CC(SCCN4CCCC4)CC=C3)nc12. The van der Waals surface area contributed by atoms with Crippen molar-refractivity contribution < 1.29 is 5.11 Å². The molecule has 3 aromatic rings. The topological polar surface area (TPSA) is 74.2 Å². The Hall–Kier alpha value is -2.61. The Morgan fingerprint density at radius 2 is 2.03 bits per heavy atom. The Bertz CT molecular complexity index is 1260. The maximum atomic E-state index is 9.87. The first-order valence-electron chi connectivity index (χ1n) is 11.7. The van der Waals surface area contributed by atoms with E-state index in [1.807, 2.05) is 30.8 Å². The number of rotatable bonds is 7. The molecule has 0 saturated carbocycles. The molecule has 1 aromatic heterocycles. The second-order valence-corrected chi connectivity index (χ2v) is 10.6. The largest absolute Gasteiger partial charge is 0.508 e. The molecule has 0 radical (unpaired) electrons. The minimum Gasteiger partial charge on any atom is -0.508 e. The summed E-state index contributed by atoms with van der Waals surface area (Å²) in [6.07, 6.45) is 10.3. The Balaban J connectivity index is 1.30. The smallest absolute Gasteiger partial charge is 0.247 e. The number of phenolic OH excluding ortho intramolecular Hbond substituents is 1. The van der Waals surface area contributed by atoms with E-state index in [-0.39, 0.29) is 5.75 Å². The molecule has 8 heteroatoms. The Morgan fingerprint density at radius 1 is 1.18 bits per heavy atom. The van der Waals surface area contributed by atoms with Gasteiger partial charge in [0.2, 0.25) is 5.95 Å². The monoisotopic (exact) mass is 493 g/mol. The van der Waals surface area contributed by atoms with E-state index >= 15 is 0 Å². The van der Waals surface area contributed by atoms with E-state index in [4.69, 9.17) is 16.6 Å². The predicted molar refractivity (Wildman–Crippen MR) is 142 cm³/mol. The maximum Gasteiger partial charge on any atom is 0.247 e. The highest BCUT2D eigenvalue weighted by Crippen LogP contribution is 2.33. The zero-order valence-electron chi connectivity index (χ0n) is 19.2. The number of halogens is 1. The van der Waals surface area contributed by atoms with Crippen molar-refractivity contribution in [3.05, 3.63) is 64.8 Å². The quantitative estimate of drug-likeness (QED) is 0.430. The molecule has 1 saturated heterocycles. The van der Waals surface area contributed by atoms with Gasteiger partial charge in [-0.05, 0) is 92.9 Å². The van der Waals surface area contributed by atoms with Crippen molar-refractivity contribution in [2.45, 2.75) is 31.4 Å². The van der Waals surface area contributed by atoms with Crippen molar-refractivity contribution in [1.82, 2.24) is 20.1 Å². The summed E-state index contributed by atoms with van der Waals surface area (Å²) >= 11 is 8.37. The molecule has 0 spiro atoms. The van der Waals surface area contributed by atoms with Gasteiger partial charge in [-0.1, -0.05) is 17.7 Å². The number of benzene rings is 2. The van der Waals surface area contributed by atoms with Gasteiger partial charge in [0.25, 0.3) is 0 Å². The number of hydrogen-bond acceptors (Lipinski definition) is 7. The molecule has 6 nitrogen and oxygen atoms in total. The minimum atomic E-state index is 0.169. The van der Waals surface area contributed by atoms with Gasteiger partial charge in [-0.15, -0.1) is 10.2 Å². The van der Waals surface area contributed by atoms with E-state index in [1.165, 1.54) is 32.5 Å². The number of likely N-dealkylation sites (tertiary alicyclic amines) is 1. The van der Waals surface area contributed by atoms with Crippen LogP contribution in [-0.2, 0) is 0 Å². The highest BCUT2D eigenvalue weighted by Gasteiger charge is 2.15. The van der Waals surface area contributed by atoms with Crippen LogP contribution in [0.5, 0.6) is 5.75 Å². The van der Waals surface area contributed by atoms with Crippen LogP contribution in [0.1, 0.15) is 24.8 Å². The molecule has 1 fully saturated rings. The van der Waals surface area contributed by atoms with E-state index in [2.05, 4.69) is 38.6 Å². The van der Waals surface area contributed by atoms with Crippen LogP contribution >= 0.6 is 23.4 Å². The number of nitrogens with one attached hydrogen (secondary N) is 1. The van der Waals surface area contributed by atoms with Crippen molar-refractivity contribution in [2.24, 2.45) is 0 Å². The number of thioether (sulfide) groups is 1. The molecule has 5 rings (SSSR count). The van der Waals surface area contributed by atoms with Gasteiger partial charge in [-0.25, -0.2) is 4.98 Å². The van der Waals surface area contributed by atoms with Crippen LogP contribution < -0.4 is 5.32 Å². The average Bonchev–Trinajstić information content (AvgIpc) is 3.35. The first kappa shape index (κ1) is 23.1. The summed E-state index contributed by atoms with van der Waals surface area (Å²) in [6.45, 7) is 5.67. The van der Waals surface area contributed by atoms with Crippen molar-refractivity contribution in [2.75, 3.05) is 30.7 Å². The lowest BCUT2D eigenvalue weighted by Crippen LogP contribution is -2.22. The number of anilines is 1. The molecule has 2 N–H and O–H groups in total. The molecule has 2 aromatic carbocycles. The van der Waals surface area contributed by atoms with Crippen LogP contribution in [-0.4, -0.2) is 55.8 Å². The molecule has 176 valence electrons. The lowest BCUT2D eigenvalue weighted by atomic mass is 10.0. The third-order valence-electron chi connectivity index (χ3n) is 6.24. The standard InChI is InChI=1S/C26H28ClN5OS/c1-17-13-18(22-16-20(33)7-8-23(22)27)14-24-25(17)29-26(31-30-24)28-19-5-4-6-21(15-19)34-12-11-32-9-2-3-10-32/h4-5,7-8,13-16,21,33H,2-3,6,9-12H2,1H3,(H,28,29,31). The summed E-state index contributed by atoms with van der Waals surface area (Å²) in [4.78, 5) is 7.29. The Labute approximate surface area is 209 Å². The normalized spacial score (nSPS) is 18.4. The fourth-order valence-corrected chi connectivity index (χ4v) is 5.86. The van der Waals surface area contributed by atoms with E-state index in [9.17, 15) is 5.11 Å². The molecule has 1 aliphatic heterocycles. The average molecular weight is 494 g/mol. The molecule has 0 amide bonds. The van der Waals surface area contributed by atoms with Crippen LogP contribution in [0.15, 0.2) is 54.3 Å². The van der Waals surface area contributed by atoms with Gasteiger partial charge in [0.1, 0.15) is 11.3 Å². The summed E-state index contributed by atoms with van der Waals surface area (Å²) < 4.78 is 0. The predicted octanol–water partition coefficient (Wildman–Crippen LogP) is 5.81. The first-order valence-corrected chi connectivity index (χ1v) is 13.1. The lowest BCUT2D eigenvalue weighted by Gasteiger charge is -2.19. The highest BCUT2D eigenvalue weighted by atomic mass is 35.5. The zero-order valence-corrected chi connectivity index (χ0v) is 20.7. The fraction of sp³-hybridized carbons (Fsp3) is 0.346. The third kappa shape index (κ3) is 5.37. The van der Waals surface area contributed by atoms with Gasteiger partial charge in [-0.3, -0.25) is 0 Å². The second kappa shape index (κ2) is 10.3. The van der Waals surface area contributed by atoms with Gasteiger partial charge in [0.05, 0.1) is 5.52 Å². The molecule has 1 unspecified atom stereocenters. The summed E-state index contributed by atoms with van der Waals surface area (Å²) in [6, 6.07) is 8.82. The molecule has 1 atom stereocenters. The molecule has 1 aliphatic carbocycles. The number of allylic oxidation sites excluding steroid dienone is 2. The first-order chi connectivity index (χ1) is 16.5. The van der Waals surface area contributed by atoms with Gasteiger partial charge in [0, 0.05) is 33.8 Å². The van der Waals surface area contributed by atoms with Crippen LogP contribution in [0.3, 0.4) is 0 Å². The van der Waals surface area contributed by atoms with E-state index in [1.54, 1.807) is 18.2 Å². The van der Waals surface area contributed by atoms with E-state index in [0.717, 1.165) is 40.1 Å². The van der Waals surface area contributed by atoms with Gasteiger partial charge in [-0.2, -0.15) is 11.8 Å². The number of nitrogens with zero attached hydrogens (tertiary/aromatic N) is 4. The van der Waals surface area contributed by atoms with Crippen molar-refractivity contribution in [3.63, 3.8) is 0 Å². The maximum absolute atomic E-state index is 9.87. The second-order valence-electron chi connectivity index (χ2n) is 8.80. The van der Waals surface area contributed by atoms with Crippen LogP contribution in [0, 0.1) is 6.92 Å². The summed E-state index contributed by atoms with van der Waals surface area (Å²) in [5.74, 6) is 1.81. The minimum absolute atomic E-state index is 0.169. The number of aryl methyl sites for hydroxylation is 1. The molecule has 34 heavy (non-hydrogen) atoms. The van der Waals surface area contributed by atoms with Crippen molar-refractivity contribution >= 4 is 40.3 Å². The van der Waals surface area contributed by atoms with Crippen LogP contribution in [0.2, 0.25) is 5.02 Å². The Morgan fingerprint density at radius 3 is 2.88 bits per heavy atom. The molecule has 0 bridgehead atoms. The summed E-state index contributed by atoms with van der Waals surface area (Å²) in [5.41, 5.74) is 5.06. The number of aromatic hydroxyl groups is 1. The molecular formula is C26H28ClN5OS. The van der Waals surface area contributed by atoms with Crippen molar-refractivity contribution in [3.8, 4) is 16.9 Å². The van der Waals surface area contributed by atoms with Crippen LogP contribution in [0.4, 0.5) is 5.95 Å². The molecular weight excluding hydrogens is 466 g/mol. The van der Waals surface area contributed by atoms with Gasteiger partial charge >= 0.3 is 0 Å². The molecule has 2 aliphatic rings. The summed E-state index contributed by atoms with van der Waals surface area (Å²) in [5, 5.41) is 23.0.